The average Bonchev–Trinajstić information content (AvgIpc) is 2.88. The Balaban J connectivity index is 2.22. The Kier molecular flexibility index (Phi) is 2.61. The second-order valence-corrected chi connectivity index (χ2v) is 4.03. The van der Waals surface area contributed by atoms with Gasteiger partial charge in [0.2, 0.25) is 0 Å². The van der Waals surface area contributed by atoms with Crippen molar-refractivity contribution < 1.29 is 9.59 Å². The molecule has 15 heavy (non-hydrogen) atoms. The first-order chi connectivity index (χ1) is 7.20. The summed E-state index contributed by atoms with van der Waals surface area (Å²) < 4.78 is 0. The van der Waals surface area contributed by atoms with Gasteiger partial charge in [0.05, 0.1) is 4.88 Å². The summed E-state index contributed by atoms with van der Waals surface area (Å²) >= 11 is 1.35. The summed E-state index contributed by atoms with van der Waals surface area (Å²) in [6.07, 6.45) is 0. The third-order valence-corrected chi connectivity index (χ3v) is 2.93. The zero-order valence-corrected chi connectivity index (χ0v) is 8.80. The number of Topliss-reactive ketones (excluding diaryl/α,β-unsaturated/α-hetero) is 2. The number of hydrazone groups is 1. The minimum Gasteiger partial charge on any atom is -0.293 e. The number of thiophene rings is 1. The zero-order chi connectivity index (χ0) is 10.8. The van der Waals surface area contributed by atoms with Crippen LogP contribution in [-0.4, -0.2) is 23.3 Å². The van der Waals surface area contributed by atoms with Crippen molar-refractivity contribution in [1.29, 1.82) is 0 Å². The monoisotopic (exact) mass is 223 g/mol. The Morgan fingerprint density at radius 2 is 2.33 bits per heavy atom. The molecule has 0 aliphatic carbocycles. The Morgan fingerprint density at radius 3 is 2.93 bits per heavy atom. The molecule has 1 unspecified atom stereocenters. The molecule has 0 bridgehead atoms. The molecule has 78 valence electrons. The van der Waals surface area contributed by atoms with E-state index in [1.54, 1.807) is 12.1 Å². The number of ketones is 2. The van der Waals surface area contributed by atoms with Crippen molar-refractivity contribution in [2.75, 3.05) is 0 Å². The third kappa shape index (κ3) is 1.81. The van der Waals surface area contributed by atoms with Crippen molar-refractivity contribution in [3.05, 3.63) is 22.4 Å². The third-order valence-electron chi connectivity index (χ3n) is 2.05. The topological polar surface area (TPSA) is 70.6 Å². The molecule has 2 N–H and O–H groups in total. The van der Waals surface area contributed by atoms with Crippen LogP contribution >= 0.6 is 11.3 Å². The van der Waals surface area contributed by atoms with Crippen molar-refractivity contribution >= 4 is 28.6 Å². The largest absolute Gasteiger partial charge is 0.293 e. The van der Waals surface area contributed by atoms with Gasteiger partial charge in [-0.25, -0.2) is 11.0 Å². The summed E-state index contributed by atoms with van der Waals surface area (Å²) in [7, 11) is 0. The lowest BCUT2D eigenvalue weighted by Gasteiger charge is -2.07. The highest BCUT2D eigenvalue weighted by Gasteiger charge is 2.32. The zero-order valence-electron chi connectivity index (χ0n) is 7.98. The van der Waals surface area contributed by atoms with E-state index >= 15 is 0 Å². The van der Waals surface area contributed by atoms with Gasteiger partial charge in [-0.2, -0.15) is 5.10 Å². The molecular formula is C9H9N3O2S. The van der Waals surface area contributed by atoms with E-state index in [4.69, 9.17) is 0 Å². The predicted molar refractivity (Wildman–Crippen MR) is 56.8 cm³/mol. The highest BCUT2D eigenvalue weighted by molar-refractivity contribution is 7.12. The summed E-state index contributed by atoms with van der Waals surface area (Å²) in [6.45, 7) is 1.39. The van der Waals surface area contributed by atoms with Crippen LogP contribution in [0.25, 0.3) is 0 Å². The number of rotatable bonds is 3. The second-order valence-electron chi connectivity index (χ2n) is 3.08. The van der Waals surface area contributed by atoms with Crippen molar-refractivity contribution in [2.45, 2.75) is 13.0 Å². The van der Waals surface area contributed by atoms with Gasteiger partial charge in [-0.1, -0.05) is 6.07 Å². The molecule has 1 atom stereocenters. The molecule has 0 amide bonds. The number of carbonyl (C=O) groups is 2. The molecule has 6 heteroatoms. The summed E-state index contributed by atoms with van der Waals surface area (Å²) in [5.41, 5.74) is 5.34. The van der Waals surface area contributed by atoms with Crippen LogP contribution < -0.4 is 11.0 Å². The summed E-state index contributed by atoms with van der Waals surface area (Å²) in [4.78, 5) is 23.7. The molecule has 2 heterocycles. The van der Waals surface area contributed by atoms with E-state index < -0.39 is 6.04 Å². The van der Waals surface area contributed by atoms with Crippen molar-refractivity contribution in [3.63, 3.8) is 0 Å². The molecular weight excluding hydrogens is 214 g/mol. The lowest BCUT2D eigenvalue weighted by molar-refractivity contribution is -0.111. The second kappa shape index (κ2) is 3.92. The summed E-state index contributed by atoms with van der Waals surface area (Å²) in [5.74, 6) is -0.341. The number of hydrogen-bond donors (Lipinski definition) is 2. The van der Waals surface area contributed by atoms with Crippen LogP contribution in [0.15, 0.2) is 22.6 Å². The van der Waals surface area contributed by atoms with E-state index in [9.17, 15) is 9.59 Å². The molecule has 1 aliphatic rings. The van der Waals surface area contributed by atoms with Crippen LogP contribution in [0.2, 0.25) is 0 Å². The lowest BCUT2D eigenvalue weighted by atomic mass is 10.0. The van der Waals surface area contributed by atoms with Crippen LogP contribution in [-0.2, 0) is 4.79 Å². The van der Waals surface area contributed by atoms with E-state index in [1.807, 2.05) is 5.38 Å². The van der Waals surface area contributed by atoms with E-state index in [-0.39, 0.29) is 17.3 Å². The van der Waals surface area contributed by atoms with Crippen molar-refractivity contribution in [3.8, 4) is 0 Å². The van der Waals surface area contributed by atoms with E-state index in [2.05, 4.69) is 16.1 Å². The minimum absolute atomic E-state index is 0.135. The molecule has 1 aromatic heterocycles. The van der Waals surface area contributed by atoms with Crippen molar-refractivity contribution in [2.24, 2.45) is 5.10 Å². The SMILES string of the molecule is CC(=O)C1=NNNC1C(=O)c1cccs1. The fourth-order valence-electron chi connectivity index (χ4n) is 1.32. The van der Waals surface area contributed by atoms with Gasteiger partial charge in [0.15, 0.2) is 11.6 Å². The molecule has 0 aromatic carbocycles. The summed E-state index contributed by atoms with van der Waals surface area (Å²) in [6, 6.07) is 2.86. The van der Waals surface area contributed by atoms with Gasteiger partial charge in [-0.15, -0.1) is 11.3 Å². The first-order valence-corrected chi connectivity index (χ1v) is 5.25. The standard InChI is InChI=1S/C9H9N3O2S/c1-5(13)7-8(11-12-10-7)9(14)6-3-2-4-15-6/h2-4,8,11-12H,1H3. The molecule has 0 saturated carbocycles. The van der Waals surface area contributed by atoms with Crippen LogP contribution in [0.1, 0.15) is 16.6 Å². The highest BCUT2D eigenvalue weighted by Crippen LogP contribution is 2.13. The lowest BCUT2D eigenvalue weighted by Crippen LogP contribution is -2.43. The fourth-order valence-corrected chi connectivity index (χ4v) is 2.02. The predicted octanol–water partition coefficient (Wildman–Crippen LogP) is 0.352. The van der Waals surface area contributed by atoms with Crippen LogP contribution in [0.3, 0.4) is 0 Å². The van der Waals surface area contributed by atoms with Gasteiger partial charge >= 0.3 is 0 Å². The average molecular weight is 223 g/mol. The fraction of sp³-hybridized carbons (Fsp3) is 0.222. The van der Waals surface area contributed by atoms with E-state index in [0.29, 0.717) is 4.88 Å². The first kappa shape index (κ1) is 10.0. The summed E-state index contributed by atoms with van der Waals surface area (Å²) in [5, 5.41) is 5.56. The van der Waals surface area contributed by atoms with Gasteiger partial charge in [-0.3, -0.25) is 9.59 Å². The molecule has 1 aliphatic heterocycles. The maximum absolute atomic E-state index is 11.9. The van der Waals surface area contributed by atoms with E-state index in [1.165, 1.54) is 18.3 Å². The molecule has 1 aromatic rings. The van der Waals surface area contributed by atoms with Gasteiger partial charge in [0.25, 0.3) is 0 Å². The maximum atomic E-state index is 11.9. The van der Waals surface area contributed by atoms with Gasteiger partial charge in [-0.05, 0) is 11.4 Å². The minimum atomic E-state index is -0.666. The Labute approximate surface area is 90.1 Å². The van der Waals surface area contributed by atoms with E-state index in [0.717, 1.165) is 0 Å². The number of hydrogen-bond acceptors (Lipinski definition) is 6. The normalized spacial score (nSPS) is 19.5. The van der Waals surface area contributed by atoms with Crippen LogP contribution in [0.4, 0.5) is 0 Å². The van der Waals surface area contributed by atoms with Gasteiger partial charge in [0.1, 0.15) is 11.8 Å². The molecule has 0 spiro atoms. The van der Waals surface area contributed by atoms with Gasteiger partial charge < -0.3 is 0 Å². The molecule has 5 nitrogen and oxygen atoms in total. The molecule has 0 saturated heterocycles. The number of carbonyl (C=O) groups excluding carboxylic acids is 2. The van der Waals surface area contributed by atoms with Gasteiger partial charge in [0, 0.05) is 6.92 Å². The highest BCUT2D eigenvalue weighted by atomic mass is 32.1. The van der Waals surface area contributed by atoms with Crippen LogP contribution in [0, 0.1) is 0 Å². The Morgan fingerprint density at radius 1 is 1.53 bits per heavy atom. The van der Waals surface area contributed by atoms with Crippen LogP contribution in [0.5, 0.6) is 0 Å². The number of nitrogens with one attached hydrogen (secondary N) is 2. The van der Waals surface area contributed by atoms with Crippen molar-refractivity contribution in [1.82, 2.24) is 11.0 Å². The molecule has 2 rings (SSSR count). The number of hydrazine groups is 1. The quantitative estimate of drug-likeness (QED) is 0.725. The molecule has 0 fully saturated rings. The number of nitrogens with zero attached hydrogens (tertiary/aromatic N) is 1. The Bertz CT molecular complexity index is 425. The maximum Gasteiger partial charge on any atom is 0.197 e. The molecule has 0 radical (unpaired) electrons. The first-order valence-electron chi connectivity index (χ1n) is 4.37. The Hall–Kier alpha value is -1.53. The smallest absolute Gasteiger partial charge is 0.197 e.